The number of alkyl halides is 3. The fraction of sp³-hybridized carbons (Fsp3) is 0.385. The van der Waals surface area contributed by atoms with Crippen LogP contribution in [-0.4, -0.2) is 36.5 Å². The fourth-order valence-corrected chi connectivity index (χ4v) is 1.43. The number of nitrogens with zero attached hydrogens (tertiary/aromatic N) is 1. The molecular formula is C13H15F3N2O2. The van der Waals surface area contributed by atoms with Crippen LogP contribution in [-0.2, 0) is 0 Å². The van der Waals surface area contributed by atoms with Crippen LogP contribution in [0.5, 0.6) is 0 Å². The summed E-state index contributed by atoms with van der Waals surface area (Å²) in [6, 6.07) is 5.54. The molecule has 0 fully saturated rings. The summed E-state index contributed by atoms with van der Waals surface area (Å²) in [6.07, 6.45) is -5.37. The predicted octanol–water partition coefficient (Wildman–Crippen LogP) is 3.31. The number of nitrogens with one attached hydrogen (secondary N) is 1. The number of urea groups is 1. The highest BCUT2D eigenvalue weighted by Crippen LogP contribution is 2.19. The number of halogens is 3. The Hall–Kier alpha value is -2.05. The minimum atomic E-state index is -4.30. The van der Waals surface area contributed by atoms with Gasteiger partial charge in [0, 0.05) is 24.8 Å². The summed E-state index contributed by atoms with van der Waals surface area (Å²) in [6.45, 7) is 0.956. The van der Waals surface area contributed by atoms with Crippen molar-refractivity contribution in [2.24, 2.45) is 0 Å². The van der Waals surface area contributed by atoms with Gasteiger partial charge < -0.3 is 10.2 Å². The monoisotopic (exact) mass is 288 g/mol. The quantitative estimate of drug-likeness (QED) is 0.864. The second-order valence-corrected chi connectivity index (χ2v) is 4.35. The zero-order valence-electron chi connectivity index (χ0n) is 11.1. The van der Waals surface area contributed by atoms with Crippen LogP contribution in [0.4, 0.5) is 23.7 Å². The maximum Gasteiger partial charge on any atom is 0.390 e. The predicted molar refractivity (Wildman–Crippen MR) is 68.8 cm³/mol. The Kier molecular flexibility index (Phi) is 5.12. The molecule has 2 amide bonds. The molecule has 1 aromatic carbocycles. The molecule has 0 aliphatic rings. The molecule has 20 heavy (non-hydrogen) atoms. The van der Waals surface area contributed by atoms with Crippen LogP contribution in [0.1, 0.15) is 23.7 Å². The summed E-state index contributed by atoms with van der Waals surface area (Å²) in [4.78, 5) is 23.8. The lowest BCUT2D eigenvalue weighted by atomic mass is 10.1. The number of Topliss-reactive ketones (excluding diaryl/α,β-unsaturated/α-hetero) is 1. The number of carbonyl (C=O) groups is 2. The smallest absolute Gasteiger partial charge is 0.327 e. The molecule has 0 radical (unpaired) electrons. The van der Waals surface area contributed by atoms with Gasteiger partial charge in [-0.1, -0.05) is 12.1 Å². The van der Waals surface area contributed by atoms with Crippen molar-refractivity contribution in [2.45, 2.75) is 19.5 Å². The zero-order valence-corrected chi connectivity index (χ0v) is 11.1. The molecule has 0 saturated heterocycles. The lowest BCUT2D eigenvalue weighted by Gasteiger charge is -2.18. The maximum atomic E-state index is 12.1. The van der Waals surface area contributed by atoms with Crippen molar-refractivity contribution in [2.75, 3.05) is 18.9 Å². The minimum absolute atomic E-state index is 0.161. The van der Waals surface area contributed by atoms with Crippen molar-refractivity contribution in [3.63, 3.8) is 0 Å². The summed E-state index contributed by atoms with van der Waals surface area (Å²) >= 11 is 0. The highest BCUT2D eigenvalue weighted by molar-refractivity contribution is 5.96. The molecule has 0 spiro atoms. The highest BCUT2D eigenvalue weighted by atomic mass is 19.4. The summed E-state index contributed by atoms with van der Waals surface area (Å²) in [5.41, 5.74) is 0.780. The first-order valence-electron chi connectivity index (χ1n) is 5.89. The van der Waals surface area contributed by atoms with Crippen LogP contribution in [0.15, 0.2) is 24.3 Å². The second-order valence-electron chi connectivity index (χ2n) is 4.35. The van der Waals surface area contributed by atoms with E-state index in [1.54, 1.807) is 18.2 Å². The summed E-state index contributed by atoms with van der Waals surface area (Å²) in [5.74, 6) is -0.161. The van der Waals surface area contributed by atoms with E-state index >= 15 is 0 Å². The van der Waals surface area contributed by atoms with Gasteiger partial charge in [0.1, 0.15) is 0 Å². The molecule has 1 aromatic rings. The normalized spacial score (nSPS) is 11.1. The van der Waals surface area contributed by atoms with Gasteiger partial charge in [0.25, 0.3) is 0 Å². The highest BCUT2D eigenvalue weighted by Gasteiger charge is 2.28. The molecule has 0 bridgehead atoms. The number of anilines is 1. The first-order chi connectivity index (χ1) is 9.19. The summed E-state index contributed by atoms with van der Waals surface area (Å²) in [5, 5.41) is 2.44. The SMILES string of the molecule is CC(=O)c1cccc(NC(=O)N(C)CCC(F)(F)F)c1. The fourth-order valence-electron chi connectivity index (χ4n) is 1.43. The van der Waals surface area contributed by atoms with E-state index in [1.807, 2.05) is 0 Å². The molecule has 4 nitrogen and oxygen atoms in total. The van der Waals surface area contributed by atoms with Gasteiger partial charge in [-0.25, -0.2) is 4.79 Å². The number of benzene rings is 1. The lowest BCUT2D eigenvalue weighted by Crippen LogP contribution is -2.34. The van der Waals surface area contributed by atoms with Gasteiger partial charge >= 0.3 is 12.2 Å². The Morgan fingerprint density at radius 3 is 2.50 bits per heavy atom. The molecule has 0 saturated carbocycles. The van der Waals surface area contributed by atoms with E-state index in [4.69, 9.17) is 0 Å². The molecule has 0 aliphatic heterocycles. The first kappa shape index (κ1) is 16.0. The van der Waals surface area contributed by atoms with Gasteiger partial charge in [0.2, 0.25) is 0 Å². The molecule has 7 heteroatoms. The molecular weight excluding hydrogens is 273 g/mol. The average molecular weight is 288 g/mol. The molecule has 1 rings (SSSR count). The molecule has 0 aromatic heterocycles. The van der Waals surface area contributed by atoms with E-state index in [2.05, 4.69) is 5.32 Å². The van der Waals surface area contributed by atoms with Crippen LogP contribution in [0.3, 0.4) is 0 Å². The Morgan fingerprint density at radius 1 is 1.30 bits per heavy atom. The van der Waals surface area contributed by atoms with Crippen LogP contribution < -0.4 is 5.32 Å². The summed E-state index contributed by atoms with van der Waals surface area (Å²) < 4.78 is 36.2. The van der Waals surface area contributed by atoms with Gasteiger partial charge in [-0.3, -0.25) is 4.79 Å². The van der Waals surface area contributed by atoms with Crippen molar-refractivity contribution in [3.8, 4) is 0 Å². The van der Waals surface area contributed by atoms with Crippen molar-refractivity contribution < 1.29 is 22.8 Å². The summed E-state index contributed by atoms with van der Waals surface area (Å²) in [7, 11) is 1.27. The molecule has 0 aliphatic carbocycles. The maximum absolute atomic E-state index is 12.1. The van der Waals surface area contributed by atoms with E-state index in [0.29, 0.717) is 11.3 Å². The third-order valence-electron chi connectivity index (χ3n) is 2.60. The van der Waals surface area contributed by atoms with E-state index in [9.17, 15) is 22.8 Å². The first-order valence-corrected chi connectivity index (χ1v) is 5.89. The number of hydrogen-bond acceptors (Lipinski definition) is 2. The van der Waals surface area contributed by atoms with E-state index in [0.717, 1.165) is 4.90 Å². The van der Waals surface area contributed by atoms with Crippen LogP contribution >= 0.6 is 0 Å². The third-order valence-corrected chi connectivity index (χ3v) is 2.60. The average Bonchev–Trinajstić information content (AvgIpc) is 2.35. The molecule has 0 atom stereocenters. The van der Waals surface area contributed by atoms with Crippen molar-refractivity contribution in [1.82, 2.24) is 4.90 Å². The zero-order chi connectivity index (χ0) is 15.3. The van der Waals surface area contributed by atoms with E-state index < -0.39 is 25.2 Å². The van der Waals surface area contributed by atoms with Gasteiger partial charge in [0.15, 0.2) is 5.78 Å². The van der Waals surface area contributed by atoms with Gasteiger partial charge in [-0.2, -0.15) is 13.2 Å². The van der Waals surface area contributed by atoms with Crippen LogP contribution in [0.2, 0.25) is 0 Å². The topological polar surface area (TPSA) is 49.4 Å². The Labute approximate surface area is 114 Å². The lowest BCUT2D eigenvalue weighted by molar-refractivity contribution is -0.135. The van der Waals surface area contributed by atoms with Gasteiger partial charge in [0.05, 0.1) is 6.42 Å². The molecule has 0 unspecified atom stereocenters. The Morgan fingerprint density at radius 2 is 1.95 bits per heavy atom. The van der Waals surface area contributed by atoms with Crippen molar-refractivity contribution in [3.05, 3.63) is 29.8 Å². The number of amides is 2. The number of carbonyl (C=O) groups excluding carboxylic acids is 2. The standard InChI is InChI=1S/C13H15F3N2O2/c1-9(19)10-4-3-5-11(8-10)17-12(20)18(2)7-6-13(14,15)16/h3-5,8H,6-7H2,1-2H3,(H,17,20). The second kappa shape index (κ2) is 6.40. The van der Waals surface area contributed by atoms with E-state index in [1.165, 1.54) is 20.0 Å². The van der Waals surface area contributed by atoms with Crippen LogP contribution in [0, 0.1) is 0 Å². The number of ketones is 1. The number of rotatable bonds is 4. The largest absolute Gasteiger partial charge is 0.390 e. The number of hydrogen-bond donors (Lipinski definition) is 1. The Balaban J connectivity index is 2.61. The van der Waals surface area contributed by atoms with Gasteiger partial charge in [-0.15, -0.1) is 0 Å². The minimum Gasteiger partial charge on any atom is -0.327 e. The third kappa shape index (κ3) is 5.29. The van der Waals surface area contributed by atoms with E-state index in [-0.39, 0.29) is 5.78 Å². The molecule has 110 valence electrons. The van der Waals surface area contributed by atoms with Gasteiger partial charge in [-0.05, 0) is 19.1 Å². The Bertz CT molecular complexity index is 501. The van der Waals surface area contributed by atoms with Crippen LogP contribution in [0.25, 0.3) is 0 Å². The molecule has 0 heterocycles. The van der Waals surface area contributed by atoms with Crippen molar-refractivity contribution >= 4 is 17.5 Å². The van der Waals surface area contributed by atoms with Crippen molar-refractivity contribution in [1.29, 1.82) is 0 Å². The molecule has 1 N–H and O–H groups in total.